The van der Waals surface area contributed by atoms with E-state index in [-0.39, 0.29) is 41.4 Å². The van der Waals surface area contributed by atoms with E-state index in [0.717, 1.165) is 19.5 Å². The molecule has 202 valence electrons. The van der Waals surface area contributed by atoms with Crippen molar-refractivity contribution >= 4 is 30.0 Å². The Kier molecular flexibility index (Phi) is 9.30. The van der Waals surface area contributed by atoms with Crippen LogP contribution >= 0.6 is 12.4 Å². The highest BCUT2D eigenvalue weighted by atomic mass is 35.5. The first kappa shape index (κ1) is 28.9. The molecule has 2 heterocycles. The molecule has 2 aliphatic heterocycles. The average molecular weight is 542 g/mol. The minimum atomic E-state index is -1.21. The van der Waals surface area contributed by atoms with Gasteiger partial charge in [-0.2, -0.15) is 0 Å². The lowest BCUT2D eigenvalue weighted by Crippen LogP contribution is -2.48. The van der Waals surface area contributed by atoms with Gasteiger partial charge in [0.25, 0.3) is 5.69 Å². The van der Waals surface area contributed by atoms with E-state index in [1.54, 1.807) is 19.9 Å². The van der Waals surface area contributed by atoms with E-state index in [9.17, 15) is 24.8 Å². The van der Waals surface area contributed by atoms with E-state index in [1.807, 2.05) is 25.1 Å². The summed E-state index contributed by atoms with van der Waals surface area (Å²) in [7, 11) is 0. The van der Waals surface area contributed by atoms with Gasteiger partial charge in [-0.05, 0) is 51.3 Å². The number of nitrogens with one attached hydrogen (secondary N) is 1. The zero-order valence-corrected chi connectivity index (χ0v) is 22.4. The van der Waals surface area contributed by atoms with Crippen molar-refractivity contribution < 1.29 is 24.4 Å². The monoisotopic (exact) mass is 541 g/mol. The van der Waals surface area contributed by atoms with E-state index < -0.39 is 22.8 Å². The molecule has 1 fully saturated rings. The Balaban J connectivity index is 0.00000400. The van der Waals surface area contributed by atoms with Gasteiger partial charge in [-0.1, -0.05) is 42.5 Å². The van der Waals surface area contributed by atoms with Crippen LogP contribution in [0, 0.1) is 10.1 Å². The van der Waals surface area contributed by atoms with E-state index in [2.05, 4.69) is 22.3 Å². The number of non-ortho nitro benzene ring substituents is 1. The van der Waals surface area contributed by atoms with Crippen LogP contribution < -0.4 is 5.32 Å². The summed E-state index contributed by atoms with van der Waals surface area (Å²) in [6.45, 7) is 6.96. The van der Waals surface area contributed by atoms with Crippen molar-refractivity contribution in [3.05, 3.63) is 98.4 Å². The Hall–Kier alpha value is -3.69. The molecular formula is C28H32ClN3O6. The third-order valence-corrected chi connectivity index (χ3v) is 7.16. The number of piperidine rings is 1. The first-order valence-electron chi connectivity index (χ1n) is 12.3. The first-order chi connectivity index (χ1) is 17.7. The lowest BCUT2D eigenvalue weighted by Gasteiger charge is -2.39. The highest BCUT2D eigenvalue weighted by Crippen LogP contribution is 2.40. The minimum Gasteiger partial charge on any atom is -0.478 e. The van der Waals surface area contributed by atoms with Gasteiger partial charge in [-0.3, -0.25) is 15.0 Å². The molecule has 2 aromatic rings. The number of hydrogen-bond donors (Lipinski definition) is 2. The maximum atomic E-state index is 13.7. The zero-order chi connectivity index (χ0) is 26.7. The second-order valence-electron chi connectivity index (χ2n) is 9.58. The molecule has 9 nitrogen and oxygen atoms in total. The zero-order valence-electron chi connectivity index (χ0n) is 21.5. The van der Waals surface area contributed by atoms with Gasteiger partial charge in [-0.15, -0.1) is 12.4 Å². The summed E-state index contributed by atoms with van der Waals surface area (Å²) in [6, 6.07) is 15.8. The van der Waals surface area contributed by atoms with Crippen molar-refractivity contribution in [2.24, 2.45) is 0 Å². The summed E-state index contributed by atoms with van der Waals surface area (Å²) < 4.78 is 6.05. The molecule has 2 N–H and O–H groups in total. The van der Waals surface area contributed by atoms with Crippen molar-refractivity contribution in [3.63, 3.8) is 0 Å². The van der Waals surface area contributed by atoms with Crippen LogP contribution in [0.15, 0.2) is 77.1 Å². The number of dihydropyridines is 1. The Labute approximate surface area is 227 Å². The second kappa shape index (κ2) is 12.2. The van der Waals surface area contributed by atoms with Gasteiger partial charge in [0.05, 0.1) is 22.0 Å². The summed E-state index contributed by atoms with van der Waals surface area (Å²) in [5.41, 5.74) is 2.29. The Morgan fingerprint density at radius 1 is 1.11 bits per heavy atom. The number of allylic oxidation sites excluding steroid dienone is 2. The number of esters is 1. The smallest absolute Gasteiger partial charge is 0.337 e. The Morgan fingerprint density at radius 2 is 1.79 bits per heavy atom. The number of hydrogen-bond acceptors (Lipinski definition) is 7. The van der Waals surface area contributed by atoms with E-state index in [0.29, 0.717) is 23.4 Å². The number of likely N-dealkylation sites (tertiary alicyclic amines) is 1. The second-order valence-corrected chi connectivity index (χ2v) is 9.58. The van der Waals surface area contributed by atoms with Gasteiger partial charge in [0.1, 0.15) is 6.10 Å². The van der Waals surface area contributed by atoms with Crippen molar-refractivity contribution in [2.75, 3.05) is 6.54 Å². The molecule has 2 aliphatic rings. The number of carboxylic acids is 1. The fourth-order valence-corrected chi connectivity index (χ4v) is 5.27. The summed E-state index contributed by atoms with van der Waals surface area (Å²) in [6.07, 6.45) is 1.18. The minimum absolute atomic E-state index is 0. The number of benzene rings is 2. The summed E-state index contributed by atoms with van der Waals surface area (Å²) in [4.78, 5) is 39.1. The van der Waals surface area contributed by atoms with Crippen molar-refractivity contribution in [1.29, 1.82) is 0 Å². The van der Waals surface area contributed by atoms with Crippen LogP contribution in [0.1, 0.15) is 50.7 Å². The average Bonchev–Trinajstić information content (AvgIpc) is 2.86. The van der Waals surface area contributed by atoms with Crippen LogP contribution in [0.2, 0.25) is 0 Å². The molecule has 2 aromatic carbocycles. The number of carbonyl (C=O) groups excluding carboxylic acids is 1. The Bertz CT molecular complexity index is 1280. The molecule has 0 aromatic heterocycles. The number of nitro groups is 1. The number of carbonyl (C=O) groups is 2. The van der Waals surface area contributed by atoms with Gasteiger partial charge >= 0.3 is 11.9 Å². The molecule has 38 heavy (non-hydrogen) atoms. The number of rotatable bonds is 7. The number of ether oxygens (including phenoxy) is 1. The lowest BCUT2D eigenvalue weighted by atomic mass is 9.80. The number of aliphatic carboxylic acids is 1. The first-order valence-corrected chi connectivity index (χ1v) is 12.3. The molecule has 0 spiro atoms. The van der Waals surface area contributed by atoms with Crippen LogP contribution in [-0.2, 0) is 20.9 Å². The number of carboxylic acid groups (broad SMARTS) is 1. The largest absolute Gasteiger partial charge is 0.478 e. The highest BCUT2D eigenvalue weighted by molar-refractivity contribution is 5.99. The molecule has 0 saturated carbocycles. The molecule has 10 heteroatoms. The molecule has 0 amide bonds. The van der Waals surface area contributed by atoms with Crippen molar-refractivity contribution in [1.82, 2.24) is 10.2 Å². The van der Waals surface area contributed by atoms with E-state index in [4.69, 9.17) is 4.74 Å². The number of nitrogens with zero attached hydrogens (tertiary/aromatic N) is 2. The molecular weight excluding hydrogens is 510 g/mol. The molecule has 3 atom stereocenters. The number of halogens is 1. The molecule has 0 bridgehead atoms. The van der Waals surface area contributed by atoms with Gasteiger partial charge in [0.15, 0.2) is 0 Å². The van der Waals surface area contributed by atoms with Crippen LogP contribution in [0.3, 0.4) is 0 Å². The summed E-state index contributed by atoms with van der Waals surface area (Å²) in [5, 5.41) is 24.4. The predicted molar refractivity (Wildman–Crippen MR) is 145 cm³/mol. The third-order valence-electron chi connectivity index (χ3n) is 7.16. The molecule has 4 rings (SSSR count). The van der Waals surface area contributed by atoms with Crippen LogP contribution in [0.4, 0.5) is 5.69 Å². The molecule has 0 radical (unpaired) electrons. The van der Waals surface area contributed by atoms with Crippen molar-refractivity contribution in [3.8, 4) is 0 Å². The lowest BCUT2D eigenvalue weighted by molar-refractivity contribution is -0.384. The van der Waals surface area contributed by atoms with Gasteiger partial charge in [0.2, 0.25) is 0 Å². The third kappa shape index (κ3) is 6.06. The maximum Gasteiger partial charge on any atom is 0.337 e. The molecule has 3 unspecified atom stereocenters. The molecule has 0 aliphatic carbocycles. The quantitative estimate of drug-likeness (QED) is 0.287. The standard InChI is InChI=1S/C28H31N3O6.ClH/c1-17-24(27(32)33)26(21-11-7-12-22(15-21)31(35)36)25(18(2)29-17)28(34)37-23-13-8-14-30(19(23)3)16-20-9-5-4-6-10-20;/h4-7,9-12,15,19,23,26,29H,8,13-14,16H2,1-3H3,(H,32,33);1H. The predicted octanol–water partition coefficient (Wildman–Crippen LogP) is 4.93. The van der Waals surface area contributed by atoms with Crippen LogP contribution in [-0.4, -0.2) is 45.6 Å². The van der Waals surface area contributed by atoms with Gasteiger partial charge in [0, 0.05) is 36.1 Å². The number of nitro benzene ring substituents is 1. The fraction of sp³-hybridized carbons (Fsp3) is 0.357. The Morgan fingerprint density at radius 3 is 2.45 bits per heavy atom. The van der Waals surface area contributed by atoms with E-state index in [1.165, 1.54) is 23.8 Å². The molecule has 1 saturated heterocycles. The fourth-order valence-electron chi connectivity index (χ4n) is 5.27. The SMILES string of the molecule is CC1=C(C(=O)O)C(c2cccc([N+](=O)[O-])c2)C(C(=O)OC2CCCN(Cc3ccccc3)C2C)=C(C)N1.Cl. The maximum absolute atomic E-state index is 13.7. The topological polar surface area (TPSA) is 122 Å². The van der Waals surface area contributed by atoms with E-state index >= 15 is 0 Å². The van der Waals surface area contributed by atoms with Crippen molar-refractivity contribution in [2.45, 2.75) is 58.2 Å². The highest BCUT2D eigenvalue weighted by Gasteiger charge is 2.40. The normalized spacial score (nSPS) is 21.8. The van der Waals surface area contributed by atoms with Gasteiger partial charge < -0.3 is 15.2 Å². The summed E-state index contributed by atoms with van der Waals surface area (Å²) >= 11 is 0. The van der Waals surface area contributed by atoms with Crippen LogP contribution in [0.25, 0.3) is 0 Å². The van der Waals surface area contributed by atoms with Crippen LogP contribution in [0.5, 0.6) is 0 Å². The van der Waals surface area contributed by atoms with Gasteiger partial charge in [-0.25, -0.2) is 9.59 Å². The summed E-state index contributed by atoms with van der Waals surface area (Å²) in [5.74, 6) is -2.84.